The quantitative estimate of drug-likeness (QED) is 0.480. The first-order valence-corrected chi connectivity index (χ1v) is 4.91. The number of hydrogen-bond acceptors (Lipinski definition) is 7. The first-order valence-electron chi connectivity index (χ1n) is 3.54. The summed E-state index contributed by atoms with van der Waals surface area (Å²) in [5.41, 5.74) is 0. The number of carbonyl (C=O) groups is 3. The highest BCUT2D eigenvalue weighted by molar-refractivity contribution is 7.81. The minimum Gasteiger partial charge on any atom is -0.294 e. The van der Waals surface area contributed by atoms with E-state index in [0.29, 0.717) is 0 Å². The van der Waals surface area contributed by atoms with Crippen LogP contribution in [0.3, 0.4) is 0 Å². The van der Waals surface area contributed by atoms with Crippen molar-refractivity contribution >= 4 is 28.4 Å². The molecule has 15 heavy (non-hydrogen) atoms. The number of carbonyl (C=O) groups excluding carboxylic acids is 3. The summed E-state index contributed by atoms with van der Waals surface area (Å²) in [5.74, 6) is -1.60. The third kappa shape index (κ3) is 3.18. The van der Waals surface area contributed by atoms with Gasteiger partial charge < -0.3 is 0 Å². The Kier molecular flexibility index (Phi) is 2.90. The normalized spacial score (nSPS) is 16.7. The maximum absolute atomic E-state index is 10.8. The van der Waals surface area contributed by atoms with Crippen LogP contribution in [0.1, 0.15) is 12.8 Å². The van der Waals surface area contributed by atoms with Crippen molar-refractivity contribution < 1.29 is 36.4 Å². The van der Waals surface area contributed by atoms with Crippen LogP contribution in [0.15, 0.2) is 0 Å². The fraction of sp³-hybridized carbons (Fsp3) is 0.400. The van der Waals surface area contributed by atoms with Crippen LogP contribution < -0.4 is 0 Å². The fourth-order valence-corrected chi connectivity index (χ4v) is 1.04. The molecule has 2 amide bonds. The van der Waals surface area contributed by atoms with Crippen LogP contribution in [-0.2, 0) is 29.0 Å². The van der Waals surface area contributed by atoms with Crippen LogP contribution in [0.4, 0.5) is 4.79 Å². The van der Waals surface area contributed by atoms with Gasteiger partial charge in [-0.2, -0.15) is 13.2 Å². The maximum Gasteiger partial charge on any atom is 0.551 e. The fourth-order valence-electron chi connectivity index (χ4n) is 0.834. The molecule has 0 aliphatic carbocycles. The van der Waals surface area contributed by atoms with Gasteiger partial charge in [0, 0.05) is 12.8 Å². The molecule has 0 radical (unpaired) electrons. The van der Waals surface area contributed by atoms with Crippen molar-refractivity contribution in [3.05, 3.63) is 0 Å². The van der Waals surface area contributed by atoms with Gasteiger partial charge in [0.2, 0.25) is 0 Å². The Morgan fingerprint density at radius 1 is 1.27 bits per heavy atom. The van der Waals surface area contributed by atoms with E-state index >= 15 is 0 Å². The Morgan fingerprint density at radius 2 is 1.73 bits per heavy atom. The molecule has 1 saturated heterocycles. The molecular weight excluding hydrogens is 234 g/mol. The zero-order valence-corrected chi connectivity index (χ0v) is 7.89. The standard InChI is InChI=1S/C5H5NO8S/c7-3-1-2-4(8)6(3)13-5(9)14-15(10,11)12/h1-2H2,(H,10,11,12). The molecule has 1 fully saturated rings. The van der Waals surface area contributed by atoms with Crippen LogP contribution in [0.25, 0.3) is 0 Å². The summed E-state index contributed by atoms with van der Waals surface area (Å²) in [7, 11) is -5.02. The second kappa shape index (κ2) is 3.82. The van der Waals surface area contributed by atoms with Gasteiger partial charge in [-0.1, -0.05) is 5.06 Å². The minimum atomic E-state index is -5.02. The monoisotopic (exact) mass is 239 g/mol. The van der Waals surface area contributed by atoms with Crippen molar-refractivity contribution in [2.75, 3.05) is 0 Å². The molecule has 84 valence electrons. The molecule has 0 saturated carbocycles. The molecule has 1 rings (SSSR count). The highest BCUT2D eigenvalue weighted by Crippen LogP contribution is 2.12. The third-order valence-corrected chi connectivity index (χ3v) is 1.69. The molecule has 10 heteroatoms. The smallest absolute Gasteiger partial charge is 0.294 e. The van der Waals surface area contributed by atoms with E-state index in [2.05, 4.69) is 9.02 Å². The van der Waals surface area contributed by atoms with Gasteiger partial charge in [-0.15, -0.1) is 0 Å². The Hall–Kier alpha value is -1.68. The lowest BCUT2D eigenvalue weighted by Crippen LogP contribution is -2.32. The number of hydrogen-bond donors (Lipinski definition) is 1. The number of nitrogens with zero attached hydrogens (tertiary/aromatic N) is 1. The van der Waals surface area contributed by atoms with E-state index in [0.717, 1.165) is 0 Å². The van der Waals surface area contributed by atoms with Crippen molar-refractivity contribution in [1.29, 1.82) is 0 Å². The summed E-state index contributed by atoms with van der Waals surface area (Å²) in [6.07, 6.45) is -2.17. The Bertz CT molecular complexity index is 395. The van der Waals surface area contributed by atoms with Gasteiger partial charge in [0.25, 0.3) is 11.8 Å². The summed E-state index contributed by atoms with van der Waals surface area (Å²) >= 11 is 0. The topological polar surface area (TPSA) is 127 Å². The number of rotatable bonds is 2. The zero-order valence-electron chi connectivity index (χ0n) is 7.07. The third-order valence-electron chi connectivity index (χ3n) is 1.34. The number of imide groups is 1. The van der Waals surface area contributed by atoms with E-state index in [1.807, 2.05) is 0 Å². The van der Waals surface area contributed by atoms with E-state index in [-0.39, 0.29) is 17.9 Å². The lowest BCUT2D eigenvalue weighted by atomic mass is 10.4. The van der Waals surface area contributed by atoms with Crippen LogP contribution in [-0.4, -0.2) is 36.0 Å². The maximum atomic E-state index is 10.8. The first kappa shape index (κ1) is 11.4. The summed E-state index contributed by atoms with van der Waals surface area (Å²) < 4.78 is 31.4. The largest absolute Gasteiger partial charge is 0.551 e. The van der Waals surface area contributed by atoms with Crippen molar-refractivity contribution in [2.45, 2.75) is 12.8 Å². The van der Waals surface area contributed by atoms with Crippen molar-refractivity contribution in [2.24, 2.45) is 0 Å². The molecule has 0 spiro atoms. The summed E-state index contributed by atoms with van der Waals surface area (Å²) in [5, 5.41) is 0.0769. The molecule has 0 aromatic heterocycles. The van der Waals surface area contributed by atoms with E-state index in [9.17, 15) is 22.8 Å². The Balaban J connectivity index is 2.59. The summed E-state index contributed by atoms with van der Waals surface area (Å²) in [6.45, 7) is 0. The van der Waals surface area contributed by atoms with Crippen molar-refractivity contribution in [3.8, 4) is 0 Å². The van der Waals surface area contributed by atoms with Crippen LogP contribution in [0.5, 0.6) is 0 Å². The SMILES string of the molecule is O=C(ON1C(=O)CCC1=O)OS(=O)(=O)O. The van der Waals surface area contributed by atoms with E-state index in [4.69, 9.17) is 4.55 Å². The second-order valence-corrected chi connectivity index (χ2v) is 3.46. The summed E-state index contributed by atoms with van der Waals surface area (Å²) in [6, 6.07) is 0. The van der Waals surface area contributed by atoms with E-state index in [1.165, 1.54) is 0 Å². The lowest BCUT2D eigenvalue weighted by molar-refractivity contribution is -0.174. The average molecular weight is 239 g/mol. The highest BCUT2D eigenvalue weighted by Gasteiger charge is 2.34. The molecule has 1 aliphatic rings. The molecule has 9 nitrogen and oxygen atoms in total. The number of hydroxylamine groups is 2. The van der Waals surface area contributed by atoms with Gasteiger partial charge in [-0.25, -0.2) is 0 Å². The van der Waals surface area contributed by atoms with Crippen molar-refractivity contribution in [1.82, 2.24) is 5.06 Å². The van der Waals surface area contributed by atoms with Crippen LogP contribution in [0.2, 0.25) is 0 Å². The van der Waals surface area contributed by atoms with Crippen molar-refractivity contribution in [3.63, 3.8) is 0 Å². The minimum absolute atomic E-state index is 0.0769. The molecule has 1 N–H and O–H groups in total. The van der Waals surface area contributed by atoms with E-state index < -0.39 is 28.4 Å². The van der Waals surface area contributed by atoms with Gasteiger partial charge in [-0.05, 0) is 0 Å². The highest BCUT2D eigenvalue weighted by atomic mass is 32.3. The first-order chi connectivity index (χ1) is 6.79. The molecule has 0 unspecified atom stereocenters. The molecule has 1 heterocycles. The molecular formula is C5H5NO8S. The molecule has 0 bridgehead atoms. The molecule has 1 aliphatic heterocycles. The van der Waals surface area contributed by atoms with Gasteiger partial charge in [0.1, 0.15) is 0 Å². The van der Waals surface area contributed by atoms with Gasteiger partial charge in [-0.3, -0.25) is 23.2 Å². The van der Waals surface area contributed by atoms with Gasteiger partial charge in [0.15, 0.2) is 0 Å². The lowest BCUT2D eigenvalue weighted by Gasteiger charge is -2.10. The van der Waals surface area contributed by atoms with Gasteiger partial charge in [0.05, 0.1) is 0 Å². The average Bonchev–Trinajstić information content (AvgIpc) is 2.32. The van der Waals surface area contributed by atoms with Crippen LogP contribution >= 0.6 is 0 Å². The number of amides is 2. The molecule has 0 aromatic carbocycles. The molecule has 0 aromatic rings. The Morgan fingerprint density at radius 3 is 2.13 bits per heavy atom. The summed E-state index contributed by atoms with van der Waals surface area (Å²) in [4.78, 5) is 36.2. The van der Waals surface area contributed by atoms with Crippen LogP contribution in [0, 0.1) is 0 Å². The zero-order chi connectivity index (χ0) is 11.6. The predicted molar refractivity (Wildman–Crippen MR) is 40.2 cm³/mol. The Labute approximate surface area is 83.5 Å². The van der Waals surface area contributed by atoms with Gasteiger partial charge >= 0.3 is 16.6 Å². The molecule has 0 atom stereocenters. The van der Waals surface area contributed by atoms with E-state index in [1.54, 1.807) is 0 Å². The predicted octanol–water partition coefficient (Wildman–Crippen LogP) is -0.994. The second-order valence-electron chi connectivity index (χ2n) is 2.43.